The molecule has 0 amide bonds. The predicted molar refractivity (Wildman–Crippen MR) is 76.8 cm³/mol. The number of methoxy groups -OCH3 is 1. The fourth-order valence-corrected chi connectivity index (χ4v) is 2.84. The average molecular weight is 257 g/mol. The van der Waals surface area contributed by atoms with Crippen molar-refractivity contribution in [1.29, 1.82) is 0 Å². The van der Waals surface area contributed by atoms with Crippen LogP contribution in [0.15, 0.2) is 0 Å². The maximum Gasteiger partial charge on any atom is 0.0661 e. The number of rotatable bonds is 10. The Bertz CT molecular complexity index is 231. The standard InChI is InChI=1S/C14H31N3O/c1-5-8-17(10-9-16(2)3)14(11-15,12-18-4)13-6-7-13/h13H,5-12,15H2,1-4H3. The van der Waals surface area contributed by atoms with E-state index in [9.17, 15) is 0 Å². The Morgan fingerprint density at radius 2 is 1.89 bits per heavy atom. The summed E-state index contributed by atoms with van der Waals surface area (Å²) in [6.45, 7) is 6.99. The number of nitrogens with zero attached hydrogens (tertiary/aromatic N) is 2. The van der Waals surface area contributed by atoms with Crippen LogP contribution in [0, 0.1) is 5.92 Å². The van der Waals surface area contributed by atoms with E-state index in [4.69, 9.17) is 10.5 Å². The summed E-state index contributed by atoms with van der Waals surface area (Å²) in [5, 5.41) is 0. The van der Waals surface area contributed by atoms with Gasteiger partial charge in [-0.2, -0.15) is 0 Å². The lowest BCUT2D eigenvalue weighted by atomic mass is 9.91. The van der Waals surface area contributed by atoms with Crippen LogP contribution in [0.1, 0.15) is 26.2 Å². The van der Waals surface area contributed by atoms with Gasteiger partial charge in [0.2, 0.25) is 0 Å². The van der Waals surface area contributed by atoms with Crippen LogP contribution in [0.2, 0.25) is 0 Å². The molecule has 18 heavy (non-hydrogen) atoms. The SMILES string of the molecule is CCCN(CCN(C)C)C(CN)(COC)C1CC1. The summed E-state index contributed by atoms with van der Waals surface area (Å²) in [5.74, 6) is 0.733. The fraction of sp³-hybridized carbons (Fsp3) is 1.00. The normalized spacial score (nSPS) is 19.5. The molecule has 1 saturated carbocycles. The zero-order valence-electron chi connectivity index (χ0n) is 12.6. The topological polar surface area (TPSA) is 41.7 Å². The summed E-state index contributed by atoms with van der Waals surface area (Å²) in [6, 6.07) is 0. The molecule has 2 N–H and O–H groups in total. The van der Waals surface area contributed by atoms with E-state index in [0.29, 0.717) is 6.54 Å². The van der Waals surface area contributed by atoms with Crippen molar-refractivity contribution in [3.05, 3.63) is 0 Å². The second-order valence-electron chi connectivity index (χ2n) is 5.81. The van der Waals surface area contributed by atoms with Crippen LogP contribution >= 0.6 is 0 Å². The highest BCUT2D eigenvalue weighted by Gasteiger charge is 2.47. The van der Waals surface area contributed by atoms with E-state index in [2.05, 4.69) is 30.8 Å². The van der Waals surface area contributed by atoms with E-state index in [1.165, 1.54) is 19.3 Å². The lowest BCUT2D eigenvalue weighted by molar-refractivity contribution is -0.00380. The molecule has 0 saturated heterocycles. The Balaban J connectivity index is 2.74. The molecule has 1 aliphatic carbocycles. The number of ether oxygens (including phenoxy) is 1. The molecule has 0 aromatic carbocycles. The third kappa shape index (κ3) is 3.92. The summed E-state index contributed by atoms with van der Waals surface area (Å²) in [6.07, 6.45) is 3.79. The van der Waals surface area contributed by atoms with Crippen LogP contribution < -0.4 is 5.73 Å². The van der Waals surface area contributed by atoms with Gasteiger partial charge in [0.15, 0.2) is 0 Å². The van der Waals surface area contributed by atoms with Crippen molar-refractivity contribution in [1.82, 2.24) is 9.80 Å². The number of nitrogens with two attached hydrogens (primary N) is 1. The van der Waals surface area contributed by atoms with Crippen LogP contribution in [0.5, 0.6) is 0 Å². The minimum Gasteiger partial charge on any atom is -0.383 e. The predicted octanol–water partition coefficient (Wildman–Crippen LogP) is 1.01. The van der Waals surface area contributed by atoms with Crippen molar-refractivity contribution < 1.29 is 4.74 Å². The van der Waals surface area contributed by atoms with Crippen molar-refractivity contribution in [2.45, 2.75) is 31.7 Å². The maximum absolute atomic E-state index is 6.14. The molecule has 0 radical (unpaired) electrons. The van der Waals surface area contributed by atoms with E-state index < -0.39 is 0 Å². The van der Waals surface area contributed by atoms with Crippen molar-refractivity contribution >= 4 is 0 Å². The highest BCUT2D eigenvalue weighted by atomic mass is 16.5. The Labute approximate surface area is 112 Å². The van der Waals surface area contributed by atoms with E-state index in [-0.39, 0.29) is 5.54 Å². The molecule has 0 spiro atoms. The molecule has 0 aromatic heterocycles. The summed E-state index contributed by atoms with van der Waals surface area (Å²) in [5.41, 5.74) is 6.21. The van der Waals surface area contributed by atoms with E-state index in [1.54, 1.807) is 7.11 Å². The van der Waals surface area contributed by atoms with Gasteiger partial charge in [-0.25, -0.2) is 0 Å². The monoisotopic (exact) mass is 257 g/mol. The van der Waals surface area contributed by atoms with E-state index in [0.717, 1.165) is 32.2 Å². The first-order valence-corrected chi connectivity index (χ1v) is 7.19. The zero-order valence-corrected chi connectivity index (χ0v) is 12.6. The van der Waals surface area contributed by atoms with Gasteiger partial charge in [0.05, 0.1) is 12.1 Å². The van der Waals surface area contributed by atoms with Gasteiger partial charge in [0.1, 0.15) is 0 Å². The van der Waals surface area contributed by atoms with Gasteiger partial charge in [0, 0.05) is 26.7 Å². The molecule has 108 valence electrons. The van der Waals surface area contributed by atoms with Crippen LogP contribution in [0.25, 0.3) is 0 Å². The Morgan fingerprint density at radius 1 is 1.22 bits per heavy atom. The molecule has 0 bridgehead atoms. The average Bonchev–Trinajstić information content (AvgIpc) is 3.16. The fourth-order valence-electron chi connectivity index (χ4n) is 2.84. The molecule has 4 heteroatoms. The number of hydrogen-bond acceptors (Lipinski definition) is 4. The van der Waals surface area contributed by atoms with Crippen LogP contribution in [0.4, 0.5) is 0 Å². The van der Waals surface area contributed by atoms with Gasteiger partial charge in [-0.1, -0.05) is 6.92 Å². The largest absolute Gasteiger partial charge is 0.383 e. The smallest absolute Gasteiger partial charge is 0.0661 e. The lowest BCUT2D eigenvalue weighted by Crippen LogP contribution is -2.60. The molecule has 1 fully saturated rings. The van der Waals surface area contributed by atoms with Gasteiger partial charge >= 0.3 is 0 Å². The Morgan fingerprint density at radius 3 is 2.28 bits per heavy atom. The zero-order chi connectivity index (χ0) is 13.6. The molecule has 1 rings (SSSR count). The lowest BCUT2D eigenvalue weighted by Gasteiger charge is -2.44. The second-order valence-corrected chi connectivity index (χ2v) is 5.81. The van der Waals surface area contributed by atoms with Crippen molar-refractivity contribution in [3.8, 4) is 0 Å². The van der Waals surface area contributed by atoms with Gasteiger partial charge < -0.3 is 15.4 Å². The molecular weight excluding hydrogens is 226 g/mol. The van der Waals surface area contributed by atoms with E-state index >= 15 is 0 Å². The maximum atomic E-state index is 6.14. The summed E-state index contributed by atoms with van der Waals surface area (Å²) in [4.78, 5) is 4.82. The first kappa shape index (κ1) is 15.9. The highest BCUT2D eigenvalue weighted by Crippen LogP contribution is 2.43. The molecule has 4 nitrogen and oxygen atoms in total. The van der Waals surface area contributed by atoms with Crippen LogP contribution in [-0.2, 0) is 4.74 Å². The second kappa shape index (κ2) is 7.43. The van der Waals surface area contributed by atoms with Crippen molar-refractivity contribution in [2.24, 2.45) is 11.7 Å². The van der Waals surface area contributed by atoms with Gasteiger partial charge in [-0.05, 0) is 45.8 Å². The van der Waals surface area contributed by atoms with Crippen LogP contribution in [0.3, 0.4) is 0 Å². The molecule has 0 aliphatic heterocycles. The number of hydrogen-bond donors (Lipinski definition) is 1. The highest BCUT2D eigenvalue weighted by molar-refractivity contribution is 5.03. The first-order chi connectivity index (χ1) is 8.60. The summed E-state index contributed by atoms with van der Waals surface area (Å²) >= 11 is 0. The molecule has 0 aromatic rings. The first-order valence-electron chi connectivity index (χ1n) is 7.19. The van der Waals surface area contributed by atoms with Gasteiger partial charge in [-0.3, -0.25) is 4.90 Å². The van der Waals surface area contributed by atoms with Crippen molar-refractivity contribution in [2.75, 3.05) is 54.0 Å². The van der Waals surface area contributed by atoms with Crippen LogP contribution in [-0.4, -0.2) is 69.3 Å². The summed E-state index contributed by atoms with van der Waals surface area (Å²) in [7, 11) is 6.05. The molecule has 1 atom stereocenters. The third-order valence-corrected chi connectivity index (χ3v) is 4.03. The number of likely N-dealkylation sites (N-methyl/N-ethyl adjacent to an activating group) is 1. The third-order valence-electron chi connectivity index (χ3n) is 4.03. The molecule has 1 aliphatic rings. The molecule has 1 unspecified atom stereocenters. The Kier molecular flexibility index (Phi) is 6.57. The van der Waals surface area contributed by atoms with E-state index in [1.807, 2.05) is 0 Å². The minimum absolute atomic E-state index is 0.0702. The van der Waals surface area contributed by atoms with Crippen molar-refractivity contribution in [3.63, 3.8) is 0 Å². The molecular formula is C14H31N3O. The van der Waals surface area contributed by atoms with Gasteiger partial charge in [0.25, 0.3) is 0 Å². The van der Waals surface area contributed by atoms with Gasteiger partial charge in [-0.15, -0.1) is 0 Å². The Hall–Kier alpha value is -0.160. The quantitative estimate of drug-likeness (QED) is 0.634. The minimum atomic E-state index is 0.0702. The summed E-state index contributed by atoms with van der Waals surface area (Å²) < 4.78 is 5.50. The molecule has 0 heterocycles.